The van der Waals surface area contributed by atoms with Crippen LogP contribution < -0.4 is 54.0 Å². The maximum absolute atomic E-state index is 14.8. The zero-order valence-corrected chi connectivity index (χ0v) is 53.5. The number of carboxylic acids is 1. The van der Waals surface area contributed by atoms with Crippen LogP contribution in [0.5, 0.6) is 5.75 Å². The first kappa shape index (κ1) is 72.9. The Kier molecular flexibility index (Phi) is 28.8. The number of aliphatic carboxylic acids is 1. The van der Waals surface area contributed by atoms with Crippen molar-refractivity contribution in [3.8, 4) is 5.75 Å². The molecule has 1 saturated heterocycles. The number of carboxylic acid groups (broad SMARTS) is 1. The molecule has 1 aliphatic heterocycles. The summed E-state index contributed by atoms with van der Waals surface area (Å²) in [4.78, 5) is 145. The van der Waals surface area contributed by atoms with Crippen molar-refractivity contribution < 1.29 is 58.2 Å². The molecule has 4 rings (SSSR count). The highest BCUT2D eigenvalue weighted by Gasteiger charge is 2.42. The molecule has 0 saturated carbocycles. The van der Waals surface area contributed by atoms with Crippen molar-refractivity contribution in [3.05, 3.63) is 65.9 Å². The van der Waals surface area contributed by atoms with Crippen LogP contribution in [0.4, 0.5) is 0 Å². The lowest BCUT2D eigenvalue weighted by molar-refractivity contribution is -0.143. The predicted molar refractivity (Wildman–Crippen MR) is 335 cm³/mol. The second kappa shape index (κ2) is 34.8. The quantitative estimate of drug-likeness (QED) is 0.0377. The number of para-hydroxylation sites is 1. The van der Waals surface area contributed by atoms with E-state index in [0.29, 0.717) is 49.8 Å². The number of aromatic nitrogens is 1. The first-order valence-corrected chi connectivity index (χ1v) is 31.3. The molecule has 24 nitrogen and oxygen atoms in total. The number of hydrogen-bond donors (Lipinski definition) is 13. The topological polar surface area (TPSA) is 378 Å². The molecule has 3 aromatic rings. The standard InChI is InChI=1S/C64H100N12O12/c1-13-38(11)53(75-62(85)54(39(12)14-2)74-60(83)51(36(7)8)71-55(78)44(66)31-40-24-26-42(77)27-25-40)61(84)68-46(22-17-18-28-65)63(86)76-29-19-23-49(76)58(81)69-47(30-34(3)4)56(79)72-50(35(5)6)59(82)70-48(57(80)73-52(37(9)10)64(87)88)32-41-33-67-45-21-16-15-20-43(41)45/h15-16,20-21,24-27,33-39,44,46-54,67,77H,13-14,17-19,22-23,28-32,65-66H2,1-12H3,(H,68,84)(H,69,81)(H,70,82)(H,71,78)(H,72,79)(H,73,80)(H,74,83)(H,75,85)(H,87,88)/t38-,39-,44-,46-,47-,48-,49-,50-,51-,52-,53-,54-/m0/s1. The summed E-state index contributed by atoms with van der Waals surface area (Å²) in [6.07, 6.45) is 4.56. The Morgan fingerprint density at radius 2 is 1.09 bits per heavy atom. The zero-order valence-electron chi connectivity index (χ0n) is 53.5. The Balaban J connectivity index is 1.53. The largest absolute Gasteiger partial charge is 0.508 e. The highest BCUT2D eigenvalue weighted by atomic mass is 16.4. The number of carbonyl (C=O) groups is 10. The van der Waals surface area contributed by atoms with Crippen molar-refractivity contribution in [3.63, 3.8) is 0 Å². The molecule has 0 unspecified atom stereocenters. The smallest absolute Gasteiger partial charge is 0.326 e. The number of fused-ring (bicyclic) bond motifs is 1. The number of aromatic hydroxyl groups is 1. The van der Waals surface area contributed by atoms with Crippen LogP contribution in [0.25, 0.3) is 10.9 Å². The fraction of sp³-hybridized carbons (Fsp3) is 0.625. The van der Waals surface area contributed by atoms with Gasteiger partial charge in [0.15, 0.2) is 0 Å². The van der Waals surface area contributed by atoms with E-state index in [2.05, 4.69) is 47.5 Å². The number of aromatic amines is 1. The summed E-state index contributed by atoms with van der Waals surface area (Å²) in [5, 5.41) is 42.8. The minimum absolute atomic E-state index is 0.0217. The lowest BCUT2D eigenvalue weighted by Crippen LogP contribution is -2.62. The van der Waals surface area contributed by atoms with Crippen LogP contribution in [0, 0.1) is 35.5 Å². The summed E-state index contributed by atoms with van der Waals surface area (Å²) in [6, 6.07) is 1.99. The monoisotopic (exact) mass is 1230 g/mol. The number of nitrogens with two attached hydrogens (primary N) is 2. The highest BCUT2D eigenvalue weighted by molar-refractivity contribution is 5.99. The number of hydrogen-bond acceptors (Lipinski definition) is 13. The second-order valence-electron chi connectivity index (χ2n) is 25.1. The Bertz CT molecular complexity index is 2840. The van der Waals surface area contributed by atoms with Crippen molar-refractivity contribution in [1.29, 1.82) is 0 Å². The van der Waals surface area contributed by atoms with Crippen molar-refractivity contribution in [1.82, 2.24) is 52.4 Å². The summed E-state index contributed by atoms with van der Waals surface area (Å²) in [7, 11) is 0. The molecule has 1 aromatic heterocycles. The van der Waals surface area contributed by atoms with E-state index in [1.165, 1.54) is 17.0 Å². The Hall–Kier alpha value is -7.60. The van der Waals surface area contributed by atoms with E-state index >= 15 is 0 Å². The maximum Gasteiger partial charge on any atom is 0.326 e. The number of likely N-dealkylation sites (tertiary alicyclic amines) is 1. The molecule has 12 atom stereocenters. The molecule has 24 heteroatoms. The van der Waals surface area contributed by atoms with Gasteiger partial charge in [-0.3, -0.25) is 43.2 Å². The first-order chi connectivity index (χ1) is 41.5. The van der Waals surface area contributed by atoms with E-state index in [9.17, 15) is 58.2 Å². The van der Waals surface area contributed by atoms with Gasteiger partial charge in [0, 0.05) is 30.1 Å². The molecule has 2 heterocycles. The van der Waals surface area contributed by atoms with Gasteiger partial charge in [-0.2, -0.15) is 0 Å². The summed E-state index contributed by atoms with van der Waals surface area (Å²) >= 11 is 0. The van der Waals surface area contributed by atoms with Crippen molar-refractivity contribution in [2.45, 2.75) is 208 Å². The van der Waals surface area contributed by atoms with Gasteiger partial charge in [-0.25, -0.2) is 4.79 Å². The van der Waals surface area contributed by atoms with Crippen LogP contribution in [-0.4, -0.2) is 153 Å². The van der Waals surface area contributed by atoms with Crippen LogP contribution in [0.15, 0.2) is 54.7 Å². The molecule has 1 aliphatic rings. The van der Waals surface area contributed by atoms with Gasteiger partial charge in [-0.1, -0.05) is 126 Å². The summed E-state index contributed by atoms with van der Waals surface area (Å²) in [5.74, 6) is -9.59. The van der Waals surface area contributed by atoms with Gasteiger partial charge in [-0.05, 0) is 116 Å². The van der Waals surface area contributed by atoms with Crippen LogP contribution in [0.1, 0.15) is 146 Å². The number of rotatable bonds is 35. The number of amides is 9. The molecular weight excluding hydrogens is 1130 g/mol. The van der Waals surface area contributed by atoms with Gasteiger partial charge < -0.3 is 74.1 Å². The Morgan fingerprint density at radius 3 is 1.64 bits per heavy atom. The van der Waals surface area contributed by atoms with Crippen LogP contribution in [0.3, 0.4) is 0 Å². The lowest BCUT2D eigenvalue weighted by atomic mass is 9.93. The van der Waals surface area contributed by atoms with Gasteiger partial charge in [-0.15, -0.1) is 0 Å². The molecule has 0 spiro atoms. The normalized spacial score (nSPS) is 17.1. The molecule has 1 fully saturated rings. The summed E-state index contributed by atoms with van der Waals surface area (Å²) in [5.41, 5.74) is 14.3. The van der Waals surface area contributed by atoms with E-state index in [1.54, 1.807) is 73.7 Å². The number of phenols is 1. The van der Waals surface area contributed by atoms with Crippen LogP contribution in [0.2, 0.25) is 0 Å². The third-order valence-electron chi connectivity index (χ3n) is 16.5. The molecule has 2 aromatic carbocycles. The third kappa shape index (κ3) is 21.0. The average Bonchev–Trinajstić information content (AvgIpc) is 4.35. The first-order valence-electron chi connectivity index (χ1n) is 31.3. The van der Waals surface area contributed by atoms with E-state index in [0.717, 1.165) is 10.9 Å². The Labute approximate surface area is 518 Å². The number of phenolic OH excluding ortho intramolecular Hbond substituents is 1. The number of carbonyl (C=O) groups excluding carboxylic acids is 9. The molecule has 0 aliphatic carbocycles. The fourth-order valence-electron chi connectivity index (χ4n) is 10.7. The summed E-state index contributed by atoms with van der Waals surface area (Å²) in [6.45, 7) is 21.6. The minimum Gasteiger partial charge on any atom is -0.508 e. The van der Waals surface area contributed by atoms with Gasteiger partial charge in [0.05, 0.1) is 6.04 Å². The van der Waals surface area contributed by atoms with Gasteiger partial charge in [0.1, 0.15) is 60.1 Å². The van der Waals surface area contributed by atoms with E-state index < -0.39 is 149 Å². The van der Waals surface area contributed by atoms with Gasteiger partial charge in [0.2, 0.25) is 53.2 Å². The number of benzene rings is 2. The van der Waals surface area contributed by atoms with E-state index in [1.807, 2.05) is 52.0 Å². The Morgan fingerprint density at radius 1 is 0.591 bits per heavy atom. The average molecular weight is 1230 g/mol. The second-order valence-corrected chi connectivity index (χ2v) is 25.1. The van der Waals surface area contributed by atoms with E-state index in [4.69, 9.17) is 11.5 Å². The number of nitrogens with zero attached hydrogens (tertiary/aromatic N) is 1. The van der Waals surface area contributed by atoms with Gasteiger partial charge in [0.25, 0.3) is 0 Å². The maximum atomic E-state index is 14.8. The predicted octanol–water partition coefficient (Wildman–Crippen LogP) is 3.18. The van der Waals surface area contributed by atoms with Crippen molar-refractivity contribution >= 4 is 70.0 Å². The van der Waals surface area contributed by atoms with Gasteiger partial charge >= 0.3 is 5.97 Å². The molecule has 9 amide bonds. The number of H-pyrrole nitrogens is 1. The molecule has 88 heavy (non-hydrogen) atoms. The minimum atomic E-state index is -1.27. The van der Waals surface area contributed by atoms with E-state index in [-0.39, 0.29) is 50.3 Å². The molecular formula is C64H100N12O12. The molecule has 0 bridgehead atoms. The zero-order chi connectivity index (χ0) is 65.7. The lowest BCUT2D eigenvalue weighted by Gasteiger charge is -2.33. The number of unbranched alkanes of at least 4 members (excludes halogenated alkanes) is 1. The molecule has 15 N–H and O–H groups in total. The van der Waals surface area contributed by atoms with Crippen molar-refractivity contribution in [2.24, 2.45) is 47.0 Å². The summed E-state index contributed by atoms with van der Waals surface area (Å²) < 4.78 is 0. The third-order valence-corrected chi connectivity index (χ3v) is 16.5. The van der Waals surface area contributed by atoms with Crippen LogP contribution in [-0.2, 0) is 60.8 Å². The van der Waals surface area contributed by atoms with Crippen LogP contribution >= 0.6 is 0 Å². The number of nitrogens with one attached hydrogen (secondary N) is 9. The highest BCUT2D eigenvalue weighted by Crippen LogP contribution is 2.24. The molecule has 488 valence electrons. The van der Waals surface area contributed by atoms with Crippen molar-refractivity contribution in [2.75, 3.05) is 13.1 Å². The molecule has 0 radical (unpaired) electrons. The fourth-order valence-corrected chi connectivity index (χ4v) is 10.7. The SMILES string of the molecule is CC[C@H](C)[C@H](NC(=O)[C@@H](NC(=O)[C@@H](N)Cc1ccc(O)cc1)C(C)C)C(=O)N[C@H](C(=O)N[C@@H](CCCCN)C(=O)N1CCC[C@H]1C(=O)N[C@@H](CC(C)C)C(=O)N[C@H](C(=O)N[C@@H](Cc1c[nH]c2ccccc12)C(=O)N[C@H](C(=O)O)C(C)C)C(C)C)[C@@H](C)CC.